The number of aliphatic hydroxyl groups excluding tert-OH is 4. The minimum absolute atomic E-state index is 0.485. The van der Waals surface area contributed by atoms with Crippen molar-refractivity contribution >= 4 is 0 Å². The van der Waals surface area contributed by atoms with Crippen LogP contribution in [0.15, 0.2) is 0 Å². The molecule has 0 amide bonds. The topological polar surface area (TPSA) is 90.2 Å². The van der Waals surface area contributed by atoms with Gasteiger partial charge in [0.1, 0.15) is 24.4 Å². The monoisotopic (exact) mass is 178 g/mol. The second kappa shape index (κ2) is 3.68. The van der Waals surface area contributed by atoms with E-state index in [0.717, 1.165) is 0 Å². The van der Waals surface area contributed by atoms with Gasteiger partial charge in [-0.05, 0) is 6.92 Å². The molecule has 1 aliphatic heterocycles. The van der Waals surface area contributed by atoms with Crippen LogP contribution in [-0.2, 0) is 4.74 Å². The molecule has 1 aliphatic rings. The summed E-state index contributed by atoms with van der Waals surface area (Å²) >= 11 is 0. The highest BCUT2D eigenvalue weighted by Crippen LogP contribution is 2.22. The van der Waals surface area contributed by atoms with Gasteiger partial charge < -0.3 is 25.2 Å². The summed E-state index contributed by atoms with van der Waals surface area (Å²) in [6.07, 6.45) is -4.65. The zero-order valence-corrected chi connectivity index (χ0v) is 6.79. The molecule has 5 nitrogen and oxygen atoms in total. The second-order valence-corrected chi connectivity index (χ2v) is 3.04. The maximum Gasteiger partial charge on any atom is 0.115 e. The molecule has 1 heterocycles. The zero-order valence-electron chi connectivity index (χ0n) is 6.79. The van der Waals surface area contributed by atoms with E-state index in [1.807, 2.05) is 0 Å². The van der Waals surface area contributed by atoms with Crippen LogP contribution in [0.4, 0.5) is 0 Å². The normalized spacial score (nSPS) is 44.8. The molecule has 0 aromatic heterocycles. The van der Waals surface area contributed by atoms with Gasteiger partial charge in [-0.1, -0.05) is 0 Å². The molecule has 1 rings (SSSR count). The quantitative estimate of drug-likeness (QED) is 0.387. The summed E-state index contributed by atoms with van der Waals surface area (Å²) in [6.45, 7) is 1.11. The minimum atomic E-state index is -1.14. The lowest BCUT2D eigenvalue weighted by molar-refractivity contribution is -0.0786. The van der Waals surface area contributed by atoms with Crippen LogP contribution in [0.5, 0.6) is 0 Å². The van der Waals surface area contributed by atoms with Crippen LogP contribution in [0.3, 0.4) is 0 Å². The molecule has 0 aliphatic carbocycles. The Kier molecular flexibility index (Phi) is 3.03. The number of hydrogen-bond donors (Lipinski definition) is 4. The first-order valence-electron chi connectivity index (χ1n) is 3.88. The third-order valence-electron chi connectivity index (χ3n) is 2.11. The molecule has 0 aromatic rings. The van der Waals surface area contributed by atoms with E-state index in [0.29, 0.717) is 0 Å². The molecular formula is C7H14O5. The van der Waals surface area contributed by atoms with Crippen LogP contribution in [0.1, 0.15) is 6.92 Å². The lowest BCUT2D eigenvalue weighted by Gasteiger charge is -2.18. The smallest absolute Gasteiger partial charge is 0.115 e. The SMILES string of the molecule is CC1O[C@H]([C@H](O)CO)[C@H](O)[C@@H]1O. The van der Waals surface area contributed by atoms with Gasteiger partial charge in [-0.2, -0.15) is 0 Å². The maximum atomic E-state index is 9.28. The number of hydrogen-bond acceptors (Lipinski definition) is 5. The molecule has 0 radical (unpaired) electrons. The predicted octanol–water partition coefficient (Wildman–Crippen LogP) is -2.15. The van der Waals surface area contributed by atoms with Gasteiger partial charge in [0.15, 0.2) is 0 Å². The van der Waals surface area contributed by atoms with Gasteiger partial charge >= 0.3 is 0 Å². The summed E-state index contributed by atoms with van der Waals surface area (Å²) in [5.74, 6) is 0. The number of aliphatic hydroxyl groups is 4. The van der Waals surface area contributed by atoms with E-state index in [1.54, 1.807) is 6.92 Å². The van der Waals surface area contributed by atoms with Crippen molar-refractivity contribution in [3.63, 3.8) is 0 Å². The zero-order chi connectivity index (χ0) is 9.30. The average molecular weight is 178 g/mol. The van der Waals surface area contributed by atoms with Gasteiger partial charge in [0, 0.05) is 0 Å². The standard InChI is InChI=1S/C7H14O5/c1-3-5(10)6(11)7(12-3)4(9)2-8/h3-11H,2H2,1H3/t3?,4-,5-,6-,7-/m1/s1. The van der Waals surface area contributed by atoms with Crippen LogP contribution in [0.2, 0.25) is 0 Å². The molecule has 0 spiro atoms. The highest BCUT2D eigenvalue weighted by atomic mass is 16.6. The molecule has 4 N–H and O–H groups in total. The summed E-state index contributed by atoms with van der Waals surface area (Å²) in [7, 11) is 0. The van der Waals surface area contributed by atoms with Gasteiger partial charge in [-0.25, -0.2) is 0 Å². The molecule has 12 heavy (non-hydrogen) atoms. The maximum absolute atomic E-state index is 9.28. The van der Waals surface area contributed by atoms with Crippen molar-refractivity contribution in [2.45, 2.75) is 37.4 Å². The Hall–Kier alpha value is -0.200. The molecule has 1 saturated heterocycles. The van der Waals surface area contributed by atoms with Crippen LogP contribution >= 0.6 is 0 Å². The molecule has 5 atom stereocenters. The Bertz CT molecular complexity index is 151. The van der Waals surface area contributed by atoms with Gasteiger partial charge in [0.25, 0.3) is 0 Å². The predicted molar refractivity (Wildman–Crippen MR) is 39.4 cm³/mol. The van der Waals surface area contributed by atoms with Crippen molar-refractivity contribution in [2.24, 2.45) is 0 Å². The summed E-state index contributed by atoms with van der Waals surface area (Å²) < 4.78 is 5.03. The third-order valence-corrected chi connectivity index (χ3v) is 2.11. The largest absolute Gasteiger partial charge is 0.394 e. The van der Waals surface area contributed by atoms with Gasteiger partial charge in [-0.15, -0.1) is 0 Å². The van der Waals surface area contributed by atoms with E-state index in [2.05, 4.69) is 0 Å². The van der Waals surface area contributed by atoms with E-state index in [1.165, 1.54) is 0 Å². The van der Waals surface area contributed by atoms with Gasteiger partial charge in [0.05, 0.1) is 12.7 Å². The Morgan fingerprint density at radius 3 is 2.25 bits per heavy atom. The molecular weight excluding hydrogens is 164 g/mol. The molecule has 1 unspecified atom stereocenters. The molecule has 72 valence electrons. The van der Waals surface area contributed by atoms with Crippen molar-refractivity contribution in [3.05, 3.63) is 0 Å². The Balaban J connectivity index is 2.58. The first kappa shape index (κ1) is 9.88. The van der Waals surface area contributed by atoms with Crippen molar-refractivity contribution < 1.29 is 25.2 Å². The molecule has 0 saturated carbocycles. The highest BCUT2D eigenvalue weighted by molar-refractivity contribution is 4.91. The van der Waals surface area contributed by atoms with Crippen LogP contribution in [0, 0.1) is 0 Å². The fourth-order valence-electron chi connectivity index (χ4n) is 1.30. The van der Waals surface area contributed by atoms with Crippen LogP contribution in [-0.4, -0.2) is 57.6 Å². The van der Waals surface area contributed by atoms with Crippen molar-refractivity contribution in [3.8, 4) is 0 Å². The lowest BCUT2D eigenvalue weighted by atomic mass is 10.1. The van der Waals surface area contributed by atoms with Crippen molar-refractivity contribution in [1.82, 2.24) is 0 Å². The summed E-state index contributed by atoms with van der Waals surface area (Å²) in [5.41, 5.74) is 0. The van der Waals surface area contributed by atoms with Crippen molar-refractivity contribution in [1.29, 1.82) is 0 Å². The van der Waals surface area contributed by atoms with E-state index < -0.39 is 37.1 Å². The van der Waals surface area contributed by atoms with E-state index >= 15 is 0 Å². The molecule has 5 heteroatoms. The summed E-state index contributed by atoms with van der Waals surface area (Å²) in [5, 5.41) is 36.2. The van der Waals surface area contributed by atoms with E-state index in [9.17, 15) is 10.2 Å². The molecule has 1 fully saturated rings. The van der Waals surface area contributed by atoms with Gasteiger partial charge in [0.2, 0.25) is 0 Å². The van der Waals surface area contributed by atoms with E-state index in [-0.39, 0.29) is 0 Å². The fourth-order valence-corrected chi connectivity index (χ4v) is 1.30. The minimum Gasteiger partial charge on any atom is -0.394 e. The first-order chi connectivity index (χ1) is 5.57. The van der Waals surface area contributed by atoms with Gasteiger partial charge in [-0.3, -0.25) is 0 Å². The average Bonchev–Trinajstić information content (AvgIpc) is 2.32. The summed E-state index contributed by atoms with van der Waals surface area (Å²) in [6, 6.07) is 0. The highest BCUT2D eigenvalue weighted by Gasteiger charge is 2.43. The third kappa shape index (κ3) is 1.60. The second-order valence-electron chi connectivity index (χ2n) is 3.04. The number of rotatable bonds is 2. The molecule has 0 bridgehead atoms. The Morgan fingerprint density at radius 1 is 1.33 bits per heavy atom. The van der Waals surface area contributed by atoms with Crippen LogP contribution in [0.25, 0.3) is 0 Å². The summed E-state index contributed by atoms with van der Waals surface area (Å²) in [4.78, 5) is 0. The first-order valence-corrected chi connectivity index (χ1v) is 3.88. The Morgan fingerprint density at radius 2 is 1.92 bits per heavy atom. The molecule has 0 aromatic carbocycles. The lowest BCUT2D eigenvalue weighted by Crippen LogP contribution is -2.40. The van der Waals surface area contributed by atoms with Crippen LogP contribution < -0.4 is 0 Å². The number of ether oxygens (including phenoxy) is 1. The van der Waals surface area contributed by atoms with E-state index in [4.69, 9.17) is 14.9 Å². The van der Waals surface area contributed by atoms with Crippen molar-refractivity contribution in [2.75, 3.05) is 6.61 Å². The fraction of sp³-hybridized carbons (Fsp3) is 1.00. The Labute approximate surface area is 70.2 Å².